The summed E-state index contributed by atoms with van der Waals surface area (Å²) in [6, 6.07) is 4.44. The molecule has 0 aliphatic rings. The first-order valence-electron chi connectivity index (χ1n) is 7.27. The van der Waals surface area contributed by atoms with Crippen LogP contribution in [0.25, 0.3) is 0 Å². The summed E-state index contributed by atoms with van der Waals surface area (Å²) in [7, 11) is 0. The van der Waals surface area contributed by atoms with E-state index in [2.05, 4.69) is 46.8 Å². The van der Waals surface area contributed by atoms with E-state index in [1.165, 1.54) is 23.1 Å². The van der Waals surface area contributed by atoms with Crippen molar-refractivity contribution in [2.75, 3.05) is 13.2 Å². The molecule has 1 atom stereocenters. The van der Waals surface area contributed by atoms with Gasteiger partial charge in [0.2, 0.25) is 0 Å². The van der Waals surface area contributed by atoms with Crippen molar-refractivity contribution in [1.29, 1.82) is 0 Å². The van der Waals surface area contributed by atoms with Crippen LogP contribution < -0.4 is 4.74 Å². The zero-order valence-electron chi connectivity index (χ0n) is 13.0. The molecule has 0 aliphatic carbocycles. The molecule has 0 saturated carbocycles. The molecule has 0 fully saturated rings. The maximum atomic E-state index is 8.84. The number of hydrogen-bond donors (Lipinski definition) is 1. The van der Waals surface area contributed by atoms with Crippen molar-refractivity contribution in [2.45, 2.75) is 47.5 Å². The van der Waals surface area contributed by atoms with E-state index in [4.69, 9.17) is 9.84 Å². The molecule has 1 unspecified atom stereocenters. The first-order valence-corrected chi connectivity index (χ1v) is 7.27. The van der Waals surface area contributed by atoms with Crippen molar-refractivity contribution in [1.82, 2.24) is 0 Å². The zero-order chi connectivity index (χ0) is 14.4. The first kappa shape index (κ1) is 16.0. The Balaban J connectivity index is 2.76. The molecule has 1 rings (SSSR count). The van der Waals surface area contributed by atoms with Crippen molar-refractivity contribution in [3.8, 4) is 5.75 Å². The molecule has 0 aliphatic heterocycles. The Morgan fingerprint density at radius 2 is 1.68 bits per heavy atom. The van der Waals surface area contributed by atoms with Gasteiger partial charge in [0.15, 0.2) is 0 Å². The lowest BCUT2D eigenvalue weighted by Crippen LogP contribution is -2.07. The quantitative estimate of drug-likeness (QED) is 0.809. The van der Waals surface area contributed by atoms with Crippen LogP contribution in [0.15, 0.2) is 12.1 Å². The van der Waals surface area contributed by atoms with E-state index < -0.39 is 0 Å². The van der Waals surface area contributed by atoms with Gasteiger partial charge in [0.1, 0.15) is 12.4 Å². The van der Waals surface area contributed by atoms with Crippen LogP contribution in [-0.2, 0) is 6.42 Å². The fraction of sp³-hybridized carbons (Fsp3) is 0.647. The molecule has 0 bridgehead atoms. The Bertz CT molecular complexity index is 373. The van der Waals surface area contributed by atoms with Crippen LogP contribution in [0.5, 0.6) is 5.75 Å². The highest BCUT2D eigenvalue weighted by molar-refractivity contribution is 5.43. The summed E-state index contributed by atoms with van der Waals surface area (Å²) in [6.07, 6.45) is 2.39. The lowest BCUT2D eigenvalue weighted by Gasteiger charge is -2.17. The minimum Gasteiger partial charge on any atom is -0.491 e. The Kier molecular flexibility index (Phi) is 6.36. The minimum absolute atomic E-state index is 0.0616. The molecule has 1 N–H and O–H groups in total. The van der Waals surface area contributed by atoms with E-state index in [1.54, 1.807) is 0 Å². The molecular formula is C17H28O2. The molecule has 108 valence electrons. The molecular weight excluding hydrogens is 236 g/mol. The monoisotopic (exact) mass is 264 g/mol. The van der Waals surface area contributed by atoms with Crippen LogP contribution in [-0.4, -0.2) is 18.3 Å². The highest BCUT2D eigenvalue weighted by atomic mass is 16.5. The number of hydrogen-bond acceptors (Lipinski definition) is 2. The number of ether oxygens (including phenoxy) is 1. The Morgan fingerprint density at radius 3 is 2.16 bits per heavy atom. The summed E-state index contributed by atoms with van der Waals surface area (Å²) >= 11 is 0. The van der Waals surface area contributed by atoms with Crippen molar-refractivity contribution in [3.05, 3.63) is 28.8 Å². The molecule has 0 heterocycles. The molecule has 1 aromatic rings. The maximum absolute atomic E-state index is 8.84. The second-order valence-corrected chi connectivity index (χ2v) is 6.07. The summed E-state index contributed by atoms with van der Waals surface area (Å²) in [6.45, 7) is 11.5. The molecule has 19 heavy (non-hydrogen) atoms. The molecule has 0 amide bonds. The third-order valence-corrected chi connectivity index (χ3v) is 3.32. The molecule has 0 radical (unpaired) electrons. The summed E-state index contributed by atoms with van der Waals surface area (Å²) in [5.74, 6) is 2.39. The van der Waals surface area contributed by atoms with Gasteiger partial charge in [0, 0.05) is 0 Å². The number of benzene rings is 1. The zero-order valence-corrected chi connectivity index (χ0v) is 13.0. The van der Waals surface area contributed by atoms with Gasteiger partial charge in [-0.1, -0.05) is 32.9 Å². The summed E-state index contributed by atoms with van der Waals surface area (Å²) < 4.78 is 5.59. The maximum Gasteiger partial charge on any atom is 0.125 e. The van der Waals surface area contributed by atoms with E-state index in [9.17, 15) is 0 Å². The second kappa shape index (κ2) is 7.54. The Hall–Kier alpha value is -1.02. The van der Waals surface area contributed by atoms with Crippen LogP contribution in [0, 0.1) is 25.7 Å². The lowest BCUT2D eigenvalue weighted by atomic mass is 9.91. The number of aryl methyl sites for hydroxylation is 2. The fourth-order valence-corrected chi connectivity index (χ4v) is 2.82. The van der Waals surface area contributed by atoms with Crippen molar-refractivity contribution in [2.24, 2.45) is 11.8 Å². The van der Waals surface area contributed by atoms with Crippen LogP contribution in [0.1, 0.15) is 43.9 Å². The van der Waals surface area contributed by atoms with Gasteiger partial charge in [-0.25, -0.2) is 0 Å². The molecule has 2 heteroatoms. The van der Waals surface area contributed by atoms with Crippen LogP contribution in [0.2, 0.25) is 0 Å². The first-order chi connectivity index (χ1) is 8.93. The highest BCUT2D eigenvalue weighted by Gasteiger charge is 2.10. The Morgan fingerprint density at radius 1 is 1.11 bits per heavy atom. The van der Waals surface area contributed by atoms with E-state index in [0.29, 0.717) is 12.5 Å². The standard InChI is InChI=1S/C17H28O2/c1-12(2)8-13(3)9-16-10-14(4)17(15(5)11-16)19-7-6-18/h10-13,18H,6-9H2,1-5H3. The number of rotatable bonds is 7. The average molecular weight is 264 g/mol. The number of aliphatic hydroxyl groups excluding tert-OH is 1. The molecule has 2 nitrogen and oxygen atoms in total. The Labute approximate surface area is 117 Å². The van der Waals surface area contributed by atoms with Crippen LogP contribution in [0.4, 0.5) is 0 Å². The third-order valence-electron chi connectivity index (χ3n) is 3.32. The fourth-order valence-electron chi connectivity index (χ4n) is 2.82. The van der Waals surface area contributed by atoms with Gasteiger partial charge in [0.25, 0.3) is 0 Å². The predicted molar refractivity (Wildman–Crippen MR) is 80.8 cm³/mol. The average Bonchev–Trinajstić information content (AvgIpc) is 2.26. The largest absolute Gasteiger partial charge is 0.491 e. The van der Waals surface area contributed by atoms with E-state index in [1.807, 2.05) is 0 Å². The second-order valence-electron chi connectivity index (χ2n) is 6.07. The molecule has 1 aromatic carbocycles. The van der Waals surface area contributed by atoms with Gasteiger partial charge >= 0.3 is 0 Å². The molecule has 0 saturated heterocycles. The van der Waals surface area contributed by atoms with Gasteiger partial charge < -0.3 is 9.84 Å². The normalized spacial score (nSPS) is 12.8. The van der Waals surface area contributed by atoms with Gasteiger partial charge in [0.05, 0.1) is 6.61 Å². The van der Waals surface area contributed by atoms with Crippen molar-refractivity contribution < 1.29 is 9.84 Å². The van der Waals surface area contributed by atoms with Crippen LogP contribution in [0.3, 0.4) is 0 Å². The number of aliphatic hydroxyl groups is 1. The third kappa shape index (κ3) is 5.23. The minimum atomic E-state index is 0.0616. The van der Waals surface area contributed by atoms with Crippen molar-refractivity contribution in [3.63, 3.8) is 0 Å². The topological polar surface area (TPSA) is 29.5 Å². The smallest absolute Gasteiger partial charge is 0.125 e. The van der Waals surface area contributed by atoms with Gasteiger partial charge in [-0.3, -0.25) is 0 Å². The summed E-state index contributed by atoms with van der Waals surface area (Å²) in [4.78, 5) is 0. The SMILES string of the molecule is Cc1cc(CC(C)CC(C)C)cc(C)c1OCCO. The summed E-state index contributed by atoms with van der Waals surface area (Å²) in [5.41, 5.74) is 3.72. The lowest BCUT2D eigenvalue weighted by molar-refractivity contribution is 0.200. The van der Waals surface area contributed by atoms with Gasteiger partial charge in [-0.05, 0) is 55.2 Å². The molecule has 0 spiro atoms. The van der Waals surface area contributed by atoms with Gasteiger partial charge in [-0.2, -0.15) is 0 Å². The summed E-state index contributed by atoms with van der Waals surface area (Å²) in [5, 5.41) is 8.84. The van der Waals surface area contributed by atoms with Crippen molar-refractivity contribution >= 4 is 0 Å². The van der Waals surface area contributed by atoms with E-state index in [-0.39, 0.29) is 6.61 Å². The van der Waals surface area contributed by atoms with Crippen LogP contribution >= 0.6 is 0 Å². The molecule has 0 aromatic heterocycles. The van der Waals surface area contributed by atoms with Gasteiger partial charge in [-0.15, -0.1) is 0 Å². The highest BCUT2D eigenvalue weighted by Crippen LogP contribution is 2.27. The predicted octanol–water partition coefficient (Wildman–Crippen LogP) is 3.90. The van der Waals surface area contributed by atoms with E-state index in [0.717, 1.165) is 18.1 Å². The van der Waals surface area contributed by atoms with E-state index >= 15 is 0 Å².